The summed E-state index contributed by atoms with van der Waals surface area (Å²) in [4.78, 5) is 4.05. The number of rotatable bonds is 5. The topological polar surface area (TPSA) is 60.2 Å². The Balaban J connectivity index is 2.42. The van der Waals surface area contributed by atoms with Gasteiger partial charge < -0.3 is 9.84 Å². The molecule has 0 aliphatic carbocycles. The number of nitrogens with zero attached hydrogens (tertiary/aromatic N) is 3. The molecule has 1 unspecified atom stereocenters. The molecule has 1 N–H and O–H groups in total. The molecule has 2 heterocycles. The van der Waals surface area contributed by atoms with Gasteiger partial charge in [0.1, 0.15) is 5.60 Å². The molecular weight excluding hydrogens is 310 g/mol. The van der Waals surface area contributed by atoms with E-state index in [2.05, 4.69) is 26.0 Å². The minimum absolute atomic E-state index is 0.532. The van der Waals surface area contributed by atoms with Gasteiger partial charge in [0.25, 0.3) is 0 Å². The van der Waals surface area contributed by atoms with Gasteiger partial charge in [-0.3, -0.25) is 9.67 Å². The second-order valence-corrected chi connectivity index (χ2v) is 5.23. The van der Waals surface area contributed by atoms with Crippen LogP contribution in [-0.4, -0.2) is 33.6 Å². The first-order valence-corrected chi connectivity index (χ1v) is 6.70. The predicted octanol–water partition coefficient (Wildman–Crippen LogP) is 1.94. The van der Waals surface area contributed by atoms with E-state index in [1.807, 2.05) is 6.07 Å². The van der Waals surface area contributed by atoms with Crippen molar-refractivity contribution >= 4 is 15.9 Å². The average molecular weight is 326 g/mol. The van der Waals surface area contributed by atoms with Gasteiger partial charge in [0.2, 0.25) is 0 Å². The molecule has 0 fully saturated rings. The normalized spacial score (nSPS) is 14.3. The van der Waals surface area contributed by atoms with Crippen LogP contribution in [0.25, 0.3) is 0 Å². The Bertz CT molecular complexity index is 540. The van der Waals surface area contributed by atoms with Gasteiger partial charge in [-0.2, -0.15) is 5.10 Å². The molecule has 1 atom stereocenters. The smallest absolute Gasteiger partial charge is 0.131 e. The van der Waals surface area contributed by atoms with E-state index in [0.717, 1.165) is 10.0 Å². The lowest BCUT2D eigenvalue weighted by Crippen LogP contribution is -2.28. The monoisotopic (exact) mass is 325 g/mol. The summed E-state index contributed by atoms with van der Waals surface area (Å²) in [5, 5.41) is 15.1. The van der Waals surface area contributed by atoms with Crippen LogP contribution >= 0.6 is 15.9 Å². The largest absolute Gasteiger partial charge is 0.383 e. The van der Waals surface area contributed by atoms with E-state index in [9.17, 15) is 5.11 Å². The molecule has 102 valence electrons. The van der Waals surface area contributed by atoms with Crippen LogP contribution in [0.2, 0.25) is 0 Å². The van der Waals surface area contributed by atoms with Crippen LogP contribution in [0.1, 0.15) is 18.2 Å². The third-order valence-electron chi connectivity index (χ3n) is 2.99. The van der Waals surface area contributed by atoms with Crippen molar-refractivity contribution < 1.29 is 9.84 Å². The van der Waals surface area contributed by atoms with Gasteiger partial charge in [-0.25, -0.2) is 0 Å². The van der Waals surface area contributed by atoms with Crippen LogP contribution in [0.15, 0.2) is 35.2 Å². The van der Waals surface area contributed by atoms with Gasteiger partial charge in [0.05, 0.1) is 29.5 Å². The fourth-order valence-electron chi connectivity index (χ4n) is 1.98. The van der Waals surface area contributed by atoms with E-state index >= 15 is 0 Å². The van der Waals surface area contributed by atoms with E-state index in [1.54, 1.807) is 43.4 Å². The highest BCUT2D eigenvalue weighted by Crippen LogP contribution is 2.33. The molecule has 6 heteroatoms. The van der Waals surface area contributed by atoms with Crippen molar-refractivity contribution in [2.75, 3.05) is 13.7 Å². The Kier molecular flexibility index (Phi) is 4.34. The summed E-state index contributed by atoms with van der Waals surface area (Å²) in [6, 6.07) is 3.64. The third-order valence-corrected chi connectivity index (χ3v) is 3.57. The molecule has 0 saturated carbocycles. The van der Waals surface area contributed by atoms with Crippen molar-refractivity contribution in [1.29, 1.82) is 0 Å². The van der Waals surface area contributed by atoms with Crippen molar-refractivity contribution in [1.82, 2.24) is 14.8 Å². The second kappa shape index (κ2) is 5.81. The number of hydrogen-bond acceptors (Lipinski definition) is 4. The first-order valence-electron chi connectivity index (χ1n) is 5.91. The fourth-order valence-corrected chi connectivity index (χ4v) is 2.66. The van der Waals surface area contributed by atoms with Crippen LogP contribution in [0.4, 0.5) is 0 Å². The van der Waals surface area contributed by atoms with Gasteiger partial charge in [-0.15, -0.1) is 0 Å². The third kappa shape index (κ3) is 2.86. The van der Waals surface area contributed by atoms with Crippen LogP contribution in [0.5, 0.6) is 0 Å². The van der Waals surface area contributed by atoms with Crippen LogP contribution in [0.3, 0.4) is 0 Å². The highest BCUT2D eigenvalue weighted by molar-refractivity contribution is 9.10. The zero-order chi connectivity index (χ0) is 13.9. The van der Waals surface area contributed by atoms with Crippen LogP contribution < -0.4 is 0 Å². The predicted molar refractivity (Wildman–Crippen MR) is 74.7 cm³/mol. The lowest BCUT2D eigenvalue weighted by atomic mass is 9.94. The van der Waals surface area contributed by atoms with Crippen molar-refractivity contribution in [3.05, 3.63) is 46.5 Å². The SMILES string of the molecule is COCCn1ncc(Br)c1C(C)(O)c1cccnc1. The molecule has 19 heavy (non-hydrogen) atoms. The molecule has 0 bridgehead atoms. The summed E-state index contributed by atoms with van der Waals surface area (Å²) in [6.07, 6.45) is 5.01. The average Bonchev–Trinajstić information content (AvgIpc) is 2.79. The number of methoxy groups -OCH3 is 1. The molecule has 0 aliphatic heterocycles. The molecule has 5 nitrogen and oxygen atoms in total. The van der Waals surface area contributed by atoms with Crippen molar-refractivity contribution in [2.24, 2.45) is 0 Å². The summed E-state index contributed by atoms with van der Waals surface area (Å²) in [6.45, 7) is 2.84. The standard InChI is InChI=1S/C13H16BrN3O2/c1-13(18,10-4-3-5-15-8-10)12-11(14)9-16-17(12)6-7-19-2/h3-5,8-9,18H,6-7H2,1-2H3. The minimum atomic E-state index is -1.17. The number of ether oxygens (including phenoxy) is 1. The zero-order valence-corrected chi connectivity index (χ0v) is 12.5. The molecule has 2 aromatic rings. The number of hydrogen-bond donors (Lipinski definition) is 1. The number of halogens is 1. The molecular formula is C13H16BrN3O2. The lowest BCUT2D eigenvalue weighted by molar-refractivity contribution is 0.0871. The quantitative estimate of drug-likeness (QED) is 0.912. The van der Waals surface area contributed by atoms with Crippen LogP contribution in [-0.2, 0) is 16.9 Å². The van der Waals surface area contributed by atoms with Gasteiger partial charge in [0.15, 0.2) is 0 Å². The summed E-state index contributed by atoms with van der Waals surface area (Å²) in [5.41, 5.74) is 0.240. The Labute approximate surface area is 120 Å². The van der Waals surface area contributed by atoms with E-state index in [-0.39, 0.29) is 0 Å². The maximum Gasteiger partial charge on any atom is 0.131 e. The van der Waals surface area contributed by atoms with E-state index < -0.39 is 5.60 Å². The van der Waals surface area contributed by atoms with Gasteiger partial charge in [-0.1, -0.05) is 6.07 Å². The fraction of sp³-hybridized carbons (Fsp3) is 0.385. The first kappa shape index (κ1) is 14.2. The molecule has 0 spiro atoms. The molecule has 0 saturated heterocycles. The van der Waals surface area contributed by atoms with Crippen LogP contribution in [0, 0.1) is 0 Å². The Morgan fingerprint density at radius 3 is 2.89 bits per heavy atom. The summed E-state index contributed by atoms with van der Waals surface area (Å²) in [5.74, 6) is 0. The summed E-state index contributed by atoms with van der Waals surface area (Å²) < 4.78 is 7.56. The first-order chi connectivity index (χ1) is 9.07. The Morgan fingerprint density at radius 1 is 1.47 bits per heavy atom. The van der Waals surface area contributed by atoms with E-state index in [0.29, 0.717) is 18.8 Å². The highest BCUT2D eigenvalue weighted by Gasteiger charge is 2.32. The molecule has 0 aromatic carbocycles. The highest BCUT2D eigenvalue weighted by atomic mass is 79.9. The minimum Gasteiger partial charge on any atom is -0.383 e. The molecule has 0 radical (unpaired) electrons. The second-order valence-electron chi connectivity index (χ2n) is 4.37. The molecule has 2 rings (SSSR count). The maximum absolute atomic E-state index is 10.8. The van der Waals surface area contributed by atoms with Crippen molar-refractivity contribution in [3.8, 4) is 0 Å². The van der Waals surface area contributed by atoms with E-state index in [4.69, 9.17) is 4.74 Å². The Morgan fingerprint density at radius 2 is 2.26 bits per heavy atom. The van der Waals surface area contributed by atoms with Crippen molar-refractivity contribution in [2.45, 2.75) is 19.1 Å². The van der Waals surface area contributed by atoms with E-state index in [1.165, 1.54) is 0 Å². The number of aromatic nitrogens is 3. The van der Waals surface area contributed by atoms with Gasteiger partial charge in [0, 0.05) is 25.1 Å². The lowest BCUT2D eigenvalue weighted by Gasteiger charge is -2.25. The summed E-state index contributed by atoms with van der Waals surface area (Å²) in [7, 11) is 1.64. The molecule has 2 aromatic heterocycles. The van der Waals surface area contributed by atoms with Gasteiger partial charge in [-0.05, 0) is 28.9 Å². The van der Waals surface area contributed by atoms with Gasteiger partial charge >= 0.3 is 0 Å². The zero-order valence-electron chi connectivity index (χ0n) is 10.9. The molecule has 0 aliphatic rings. The number of pyridine rings is 1. The maximum atomic E-state index is 10.8. The molecule has 0 amide bonds. The van der Waals surface area contributed by atoms with Crippen molar-refractivity contribution in [3.63, 3.8) is 0 Å². The Hall–Kier alpha value is -1.24. The summed E-state index contributed by atoms with van der Waals surface area (Å²) >= 11 is 3.44. The number of aliphatic hydroxyl groups is 1.